The fraction of sp³-hybridized carbons (Fsp3) is 0.250. The van der Waals surface area contributed by atoms with Gasteiger partial charge in [-0.2, -0.15) is 15.0 Å². The number of methoxy groups -OCH3 is 1. The lowest BCUT2D eigenvalue weighted by molar-refractivity contribution is 0.0155. The Morgan fingerprint density at radius 1 is 1.17 bits per heavy atom. The number of ether oxygens (including phenoxy) is 2. The lowest BCUT2D eigenvalue weighted by atomic mass is 9.97. The number of hydrogen-bond donors (Lipinski definition) is 0. The molecule has 0 N–H and O–H groups in total. The Labute approximate surface area is 208 Å². The molecule has 0 aliphatic carbocycles. The first-order valence-electron chi connectivity index (χ1n) is 10.9. The minimum Gasteiger partial charge on any atom is -0.445 e. The Balaban J connectivity index is 1.29. The first kappa shape index (κ1) is 23.7. The summed E-state index contributed by atoms with van der Waals surface area (Å²) in [5.74, 6) is -0.922. The first-order valence-corrected chi connectivity index (χ1v) is 11.7. The Hall–Kier alpha value is -4.08. The molecule has 12 heteroatoms. The molecule has 5 rings (SSSR count). The molecule has 1 fully saturated rings. The number of anilines is 1. The number of rotatable bonds is 7. The van der Waals surface area contributed by atoms with Crippen LogP contribution in [-0.2, 0) is 11.3 Å². The van der Waals surface area contributed by atoms with Crippen molar-refractivity contribution in [1.29, 1.82) is 5.26 Å². The summed E-state index contributed by atoms with van der Waals surface area (Å²) in [5, 5.41) is 14.7. The van der Waals surface area contributed by atoms with Gasteiger partial charge in [0.05, 0.1) is 31.0 Å². The van der Waals surface area contributed by atoms with E-state index in [2.05, 4.69) is 16.2 Å². The van der Waals surface area contributed by atoms with Crippen molar-refractivity contribution < 1.29 is 18.3 Å². The monoisotopic (exact) mass is 510 g/mol. The maximum atomic E-state index is 14.0. The molecule has 0 atom stereocenters. The number of aryl methyl sites for hydroxylation is 1. The van der Waals surface area contributed by atoms with Gasteiger partial charge in [-0.15, -0.1) is 0 Å². The highest BCUT2D eigenvalue weighted by atomic mass is 32.1. The second-order valence-corrected chi connectivity index (χ2v) is 9.23. The van der Waals surface area contributed by atoms with E-state index < -0.39 is 22.9 Å². The zero-order valence-electron chi connectivity index (χ0n) is 19.3. The van der Waals surface area contributed by atoms with Crippen molar-refractivity contribution in [2.75, 3.05) is 25.1 Å². The molecule has 9 nitrogen and oxygen atoms in total. The minimum atomic E-state index is -0.801. The highest BCUT2D eigenvalue weighted by Gasteiger charge is 2.45. The van der Waals surface area contributed by atoms with Crippen LogP contribution in [0.1, 0.15) is 11.3 Å². The van der Waals surface area contributed by atoms with E-state index in [4.69, 9.17) is 9.47 Å². The van der Waals surface area contributed by atoms with E-state index >= 15 is 0 Å². The van der Waals surface area contributed by atoms with Crippen LogP contribution >= 0.6 is 11.3 Å². The van der Waals surface area contributed by atoms with Gasteiger partial charge in [-0.25, -0.2) is 18.6 Å². The number of thiazole rings is 1. The zero-order chi connectivity index (χ0) is 25.4. The summed E-state index contributed by atoms with van der Waals surface area (Å²) in [6.45, 7) is 2.43. The Bertz CT molecular complexity index is 1500. The number of hydrogen-bond acceptors (Lipinski definition) is 8. The predicted molar refractivity (Wildman–Crippen MR) is 128 cm³/mol. The molecule has 36 heavy (non-hydrogen) atoms. The number of benzene rings is 2. The lowest BCUT2D eigenvalue weighted by Gasteiger charge is -2.43. The molecule has 0 radical (unpaired) electrons. The van der Waals surface area contributed by atoms with Gasteiger partial charge in [0.25, 0.3) is 0 Å². The van der Waals surface area contributed by atoms with Gasteiger partial charge in [0.2, 0.25) is 5.06 Å². The third-order valence-corrected chi connectivity index (χ3v) is 7.01. The topological polar surface area (TPSA) is 98.2 Å². The lowest BCUT2D eigenvalue weighted by Crippen LogP contribution is -2.62. The van der Waals surface area contributed by atoms with Crippen LogP contribution in [0.25, 0.3) is 5.69 Å². The van der Waals surface area contributed by atoms with Crippen LogP contribution in [0.4, 0.5) is 13.9 Å². The third-order valence-electron chi connectivity index (χ3n) is 5.92. The molecular weight excluding hydrogens is 490 g/mol. The molecule has 1 saturated heterocycles. The van der Waals surface area contributed by atoms with Crippen LogP contribution in [0.15, 0.2) is 53.6 Å². The second kappa shape index (κ2) is 9.18. The van der Waals surface area contributed by atoms with Gasteiger partial charge in [0, 0.05) is 12.7 Å². The average molecular weight is 511 g/mol. The van der Waals surface area contributed by atoms with Crippen LogP contribution in [0.5, 0.6) is 10.8 Å². The van der Waals surface area contributed by atoms with Crippen LogP contribution in [-0.4, -0.2) is 45.1 Å². The maximum Gasteiger partial charge on any atom is 0.350 e. The second-order valence-electron chi connectivity index (χ2n) is 8.28. The molecule has 0 spiro atoms. The van der Waals surface area contributed by atoms with Gasteiger partial charge in [-0.05, 0) is 43.3 Å². The largest absolute Gasteiger partial charge is 0.445 e. The summed E-state index contributed by atoms with van der Waals surface area (Å²) in [5.41, 5.74) is -0.365. The van der Waals surface area contributed by atoms with E-state index in [-0.39, 0.29) is 12.1 Å². The van der Waals surface area contributed by atoms with E-state index in [1.807, 2.05) is 11.8 Å². The van der Waals surface area contributed by atoms with E-state index in [1.165, 1.54) is 30.8 Å². The van der Waals surface area contributed by atoms with E-state index in [9.17, 15) is 18.8 Å². The van der Waals surface area contributed by atoms with Crippen molar-refractivity contribution in [2.24, 2.45) is 0 Å². The molecule has 0 amide bonds. The molecule has 0 unspecified atom stereocenters. The highest BCUT2D eigenvalue weighted by molar-refractivity contribution is 7.17. The molecular formula is C24H20F2N6O3S. The smallest absolute Gasteiger partial charge is 0.350 e. The van der Waals surface area contributed by atoms with Crippen LogP contribution in [0.2, 0.25) is 0 Å². The normalized spacial score (nSPS) is 14.4. The van der Waals surface area contributed by atoms with Crippen molar-refractivity contribution in [2.45, 2.75) is 19.1 Å². The number of nitrogens with zero attached hydrogens (tertiary/aromatic N) is 6. The predicted octanol–water partition coefficient (Wildman–Crippen LogP) is 3.65. The summed E-state index contributed by atoms with van der Waals surface area (Å²) < 4.78 is 41.5. The fourth-order valence-corrected chi connectivity index (χ4v) is 4.72. The van der Waals surface area contributed by atoms with Crippen LogP contribution in [0, 0.1) is 29.9 Å². The van der Waals surface area contributed by atoms with Crippen LogP contribution in [0.3, 0.4) is 0 Å². The van der Waals surface area contributed by atoms with Crippen molar-refractivity contribution in [3.63, 3.8) is 0 Å². The third kappa shape index (κ3) is 4.23. The van der Waals surface area contributed by atoms with Gasteiger partial charge < -0.3 is 14.4 Å². The maximum absolute atomic E-state index is 14.0. The van der Waals surface area contributed by atoms with Gasteiger partial charge in [0.15, 0.2) is 10.7 Å². The molecule has 1 aliphatic heterocycles. The summed E-state index contributed by atoms with van der Waals surface area (Å²) >= 11 is 1.36. The van der Waals surface area contributed by atoms with E-state index in [1.54, 1.807) is 24.3 Å². The molecule has 2 aromatic carbocycles. The van der Waals surface area contributed by atoms with Gasteiger partial charge >= 0.3 is 5.69 Å². The first-order chi connectivity index (χ1) is 17.3. The van der Waals surface area contributed by atoms with Gasteiger partial charge in [0.1, 0.15) is 29.8 Å². The molecule has 0 saturated carbocycles. The SMILES string of the molecule is COC1(C#N)CN(c2nc(C)c(Oc3ccc(-n4ncn(Cc5c(F)cccc5F)c4=O)cc3)s2)C1. The molecule has 0 bridgehead atoms. The molecule has 1 aliphatic rings. The van der Waals surface area contributed by atoms with Crippen molar-refractivity contribution in [1.82, 2.24) is 19.3 Å². The van der Waals surface area contributed by atoms with Crippen molar-refractivity contribution >= 4 is 16.5 Å². The summed E-state index contributed by atoms with van der Waals surface area (Å²) in [4.78, 5) is 19.2. The number of nitriles is 1. The Morgan fingerprint density at radius 3 is 2.50 bits per heavy atom. The molecule has 2 aromatic heterocycles. The number of halogens is 2. The highest BCUT2D eigenvalue weighted by Crippen LogP contribution is 2.39. The number of aromatic nitrogens is 4. The van der Waals surface area contributed by atoms with Gasteiger partial charge in [-0.3, -0.25) is 4.57 Å². The zero-order valence-corrected chi connectivity index (χ0v) is 20.1. The fourth-order valence-electron chi connectivity index (χ4n) is 3.79. The van der Waals surface area contributed by atoms with Crippen molar-refractivity contribution in [3.05, 3.63) is 82.2 Å². The van der Waals surface area contributed by atoms with E-state index in [0.717, 1.165) is 26.5 Å². The quantitative estimate of drug-likeness (QED) is 0.374. The van der Waals surface area contributed by atoms with Gasteiger partial charge in [-0.1, -0.05) is 17.4 Å². The van der Waals surface area contributed by atoms with E-state index in [0.29, 0.717) is 35.3 Å². The average Bonchev–Trinajstić information content (AvgIpc) is 3.39. The van der Waals surface area contributed by atoms with Crippen LogP contribution < -0.4 is 15.3 Å². The summed E-state index contributed by atoms with van der Waals surface area (Å²) in [7, 11) is 1.52. The Morgan fingerprint density at radius 2 is 1.86 bits per heavy atom. The standard InChI is InChI=1S/C24H20F2N6O3S/c1-15-21(36-22(29-15)31-12-24(11-27,13-31)34-2)35-17-8-6-16(7-9-17)32-23(33)30(14-28-32)10-18-19(25)4-3-5-20(18)26/h3-9,14H,10,12-13H2,1-2H3. The Kier molecular flexibility index (Phi) is 6.03. The molecule has 3 heterocycles. The van der Waals surface area contributed by atoms with Crippen molar-refractivity contribution in [3.8, 4) is 22.6 Å². The summed E-state index contributed by atoms with van der Waals surface area (Å²) in [6.07, 6.45) is 1.24. The summed E-state index contributed by atoms with van der Waals surface area (Å²) in [6, 6.07) is 12.4. The molecule has 184 valence electrons. The minimum absolute atomic E-state index is 0.207. The molecule has 4 aromatic rings.